The van der Waals surface area contributed by atoms with Crippen molar-refractivity contribution in [2.75, 3.05) is 26.2 Å². The zero-order valence-corrected chi connectivity index (χ0v) is 14.6. The van der Waals surface area contributed by atoms with Crippen molar-refractivity contribution < 1.29 is 4.79 Å². The highest BCUT2D eigenvalue weighted by molar-refractivity contribution is 9.11. The van der Waals surface area contributed by atoms with Gasteiger partial charge in [-0.1, -0.05) is 29.8 Å². The number of rotatable bonds is 7. The summed E-state index contributed by atoms with van der Waals surface area (Å²) in [5.41, 5.74) is 0.664. The second-order valence-electron chi connectivity index (χ2n) is 4.26. The van der Waals surface area contributed by atoms with Crippen LogP contribution in [0, 0.1) is 0 Å². The lowest BCUT2D eigenvalue weighted by atomic mass is 10.2. The molecule has 106 valence electrons. The molecule has 0 unspecified atom stereocenters. The fourth-order valence-corrected chi connectivity index (χ4v) is 2.60. The van der Waals surface area contributed by atoms with Crippen LogP contribution in [0.1, 0.15) is 30.6 Å². The first-order chi connectivity index (χ1) is 9.08. The predicted octanol–water partition coefficient (Wildman–Crippen LogP) is 3.67. The van der Waals surface area contributed by atoms with E-state index in [-0.39, 0.29) is 5.91 Å². The SMILES string of the molecule is CCN(CC)CCCNC(=O)c1cc(Br)ccc1Br. The minimum Gasteiger partial charge on any atom is -0.352 e. The molecule has 0 aliphatic rings. The highest BCUT2D eigenvalue weighted by Gasteiger charge is 2.09. The molecule has 1 aromatic rings. The number of nitrogens with one attached hydrogen (secondary N) is 1. The average Bonchev–Trinajstić information content (AvgIpc) is 2.41. The van der Waals surface area contributed by atoms with Crippen molar-refractivity contribution in [1.29, 1.82) is 0 Å². The van der Waals surface area contributed by atoms with Crippen LogP contribution in [0.15, 0.2) is 27.1 Å². The Hall–Kier alpha value is -0.390. The second-order valence-corrected chi connectivity index (χ2v) is 6.03. The molecule has 1 rings (SSSR count). The smallest absolute Gasteiger partial charge is 0.252 e. The van der Waals surface area contributed by atoms with Gasteiger partial charge in [0.1, 0.15) is 0 Å². The van der Waals surface area contributed by atoms with Crippen molar-refractivity contribution in [3.05, 3.63) is 32.7 Å². The van der Waals surface area contributed by atoms with Crippen LogP contribution >= 0.6 is 31.9 Å². The van der Waals surface area contributed by atoms with Gasteiger partial charge in [0.25, 0.3) is 5.91 Å². The van der Waals surface area contributed by atoms with Gasteiger partial charge in [0.15, 0.2) is 0 Å². The summed E-state index contributed by atoms with van der Waals surface area (Å²) in [6.45, 7) is 8.14. The second kappa shape index (κ2) is 8.72. The van der Waals surface area contributed by atoms with Crippen LogP contribution in [-0.4, -0.2) is 37.0 Å². The van der Waals surface area contributed by atoms with E-state index in [2.05, 4.69) is 55.9 Å². The van der Waals surface area contributed by atoms with Crippen LogP contribution in [-0.2, 0) is 0 Å². The third kappa shape index (κ3) is 5.63. The first-order valence-corrected chi connectivity index (χ1v) is 8.12. The van der Waals surface area contributed by atoms with Crippen LogP contribution in [0.2, 0.25) is 0 Å². The molecule has 1 N–H and O–H groups in total. The molecule has 19 heavy (non-hydrogen) atoms. The quantitative estimate of drug-likeness (QED) is 0.719. The van der Waals surface area contributed by atoms with Gasteiger partial charge in [0.2, 0.25) is 0 Å². The van der Waals surface area contributed by atoms with E-state index in [9.17, 15) is 4.79 Å². The third-order valence-electron chi connectivity index (χ3n) is 3.00. The summed E-state index contributed by atoms with van der Waals surface area (Å²) in [5.74, 6) is -0.0345. The van der Waals surface area contributed by atoms with E-state index >= 15 is 0 Å². The van der Waals surface area contributed by atoms with Crippen molar-refractivity contribution in [2.24, 2.45) is 0 Å². The molecule has 0 aromatic heterocycles. The van der Waals surface area contributed by atoms with Crippen LogP contribution in [0.25, 0.3) is 0 Å². The lowest BCUT2D eigenvalue weighted by molar-refractivity contribution is 0.0951. The van der Waals surface area contributed by atoms with Crippen molar-refractivity contribution in [3.8, 4) is 0 Å². The number of carbonyl (C=O) groups excluding carboxylic acids is 1. The number of nitrogens with zero attached hydrogens (tertiary/aromatic N) is 1. The summed E-state index contributed by atoms with van der Waals surface area (Å²) < 4.78 is 1.72. The fraction of sp³-hybridized carbons (Fsp3) is 0.500. The summed E-state index contributed by atoms with van der Waals surface area (Å²) in [7, 11) is 0. The minimum absolute atomic E-state index is 0.0345. The molecule has 0 saturated carbocycles. The highest BCUT2D eigenvalue weighted by Crippen LogP contribution is 2.21. The summed E-state index contributed by atoms with van der Waals surface area (Å²) >= 11 is 6.77. The van der Waals surface area contributed by atoms with Crippen LogP contribution in [0.4, 0.5) is 0 Å². The maximum atomic E-state index is 12.0. The predicted molar refractivity (Wildman–Crippen MR) is 86.6 cm³/mol. The lowest BCUT2D eigenvalue weighted by Crippen LogP contribution is -2.30. The van der Waals surface area contributed by atoms with Crippen LogP contribution in [0.5, 0.6) is 0 Å². The van der Waals surface area contributed by atoms with Gasteiger partial charge in [-0.2, -0.15) is 0 Å². The number of hydrogen-bond donors (Lipinski definition) is 1. The minimum atomic E-state index is -0.0345. The molecule has 0 atom stereocenters. The Morgan fingerprint density at radius 3 is 2.58 bits per heavy atom. The Labute approximate surface area is 132 Å². The third-order valence-corrected chi connectivity index (χ3v) is 4.19. The largest absolute Gasteiger partial charge is 0.352 e. The fourth-order valence-electron chi connectivity index (χ4n) is 1.81. The van der Waals surface area contributed by atoms with Gasteiger partial charge < -0.3 is 10.2 Å². The molecule has 0 fully saturated rings. The number of carbonyl (C=O) groups is 1. The molecule has 0 saturated heterocycles. The number of halogens is 2. The molecular weight excluding hydrogens is 372 g/mol. The molecule has 0 aliphatic carbocycles. The normalized spacial score (nSPS) is 10.8. The maximum Gasteiger partial charge on any atom is 0.252 e. The lowest BCUT2D eigenvalue weighted by Gasteiger charge is -2.17. The molecule has 0 spiro atoms. The van der Waals surface area contributed by atoms with E-state index in [0.717, 1.165) is 35.0 Å². The monoisotopic (exact) mass is 390 g/mol. The first-order valence-electron chi connectivity index (χ1n) is 6.54. The Morgan fingerprint density at radius 2 is 1.95 bits per heavy atom. The van der Waals surface area contributed by atoms with Crippen LogP contribution < -0.4 is 5.32 Å². The van der Waals surface area contributed by atoms with Gasteiger partial charge in [0, 0.05) is 15.5 Å². The van der Waals surface area contributed by atoms with Gasteiger partial charge in [-0.3, -0.25) is 4.79 Å². The van der Waals surface area contributed by atoms with E-state index in [1.165, 1.54) is 0 Å². The van der Waals surface area contributed by atoms with Gasteiger partial charge in [0.05, 0.1) is 5.56 Å². The van der Waals surface area contributed by atoms with Crippen molar-refractivity contribution >= 4 is 37.8 Å². The van der Waals surface area contributed by atoms with Gasteiger partial charge in [-0.25, -0.2) is 0 Å². The highest BCUT2D eigenvalue weighted by atomic mass is 79.9. The molecule has 5 heteroatoms. The molecule has 0 heterocycles. The van der Waals surface area contributed by atoms with Crippen molar-refractivity contribution in [1.82, 2.24) is 10.2 Å². The van der Waals surface area contributed by atoms with E-state index in [4.69, 9.17) is 0 Å². The van der Waals surface area contributed by atoms with Crippen molar-refractivity contribution in [2.45, 2.75) is 20.3 Å². The number of amides is 1. The molecule has 1 amide bonds. The Morgan fingerprint density at radius 1 is 1.26 bits per heavy atom. The topological polar surface area (TPSA) is 32.3 Å². The van der Waals surface area contributed by atoms with Crippen molar-refractivity contribution in [3.63, 3.8) is 0 Å². The summed E-state index contributed by atoms with van der Waals surface area (Å²) in [6.07, 6.45) is 0.971. The van der Waals surface area contributed by atoms with Gasteiger partial charge in [-0.05, 0) is 60.2 Å². The molecular formula is C14H20Br2N2O. The van der Waals surface area contributed by atoms with Gasteiger partial charge >= 0.3 is 0 Å². The molecule has 0 aliphatic heterocycles. The zero-order chi connectivity index (χ0) is 14.3. The molecule has 3 nitrogen and oxygen atoms in total. The standard InChI is InChI=1S/C14H20Br2N2O/c1-3-18(4-2)9-5-8-17-14(19)12-10-11(15)6-7-13(12)16/h6-7,10H,3-5,8-9H2,1-2H3,(H,17,19). The Balaban J connectivity index is 2.41. The summed E-state index contributed by atoms with van der Waals surface area (Å²) in [4.78, 5) is 14.4. The Kier molecular flexibility index (Phi) is 7.64. The summed E-state index contributed by atoms with van der Waals surface area (Å²) in [6, 6.07) is 5.60. The van der Waals surface area contributed by atoms with Crippen LogP contribution in [0.3, 0.4) is 0 Å². The molecule has 1 aromatic carbocycles. The van der Waals surface area contributed by atoms with Gasteiger partial charge in [-0.15, -0.1) is 0 Å². The zero-order valence-electron chi connectivity index (χ0n) is 11.4. The van der Waals surface area contributed by atoms with E-state index in [1.807, 2.05) is 18.2 Å². The molecule has 0 bridgehead atoms. The number of benzene rings is 1. The first kappa shape index (κ1) is 16.7. The van der Waals surface area contributed by atoms with E-state index < -0.39 is 0 Å². The number of hydrogen-bond acceptors (Lipinski definition) is 2. The Bertz CT molecular complexity index is 420. The van der Waals surface area contributed by atoms with E-state index in [0.29, 0.717) is 12.1 Å². The van der Waals surface area contributed by atoms with E-state index in [1.54, 1.807) is 0 Å². The summed E-state index contributed by atoms with van der Waals surface area (Å²) in [5, 5.41) is 2.95. The molecule has 0 radical (unpaired) electrons. The average molecular weight is 392 g/mol. The maximum absolute atomic E-state index is 12.0.